The summed E-state index contributed by atoms with van der Waals surface area (Å²) in [6, 6.07) is -0.236. The number of amides is 1. The number of likely N-dealkylation sites (N-methyl/N-ethyl adjacent to an activating group) is 1. The molecule has 58 valence electrons. The molecule has 0 saturated heterocycles. The summed E-state index contributed by atoms with van der Waals surface area (Å²) in [5.41, 5.74) is 0. The van der Waals surface area contributed by atoms with Crippen molar-refractivity contribution in [3.05, 3.63) is 0 Å². The number of hydrogen-bond acceptors (Lipinski definition) is 3. The SMILES string of the molecule is CN[C@@H](C)C(=O)NCC=O. The molecule has 0 aliphatic carbocycles. The van der Waals surface area contributed by atoms with Crippen LogP contribution in [0.15, 0.2) is 0 Å². The van der Waals surface area contributed by atoms with Crippen LogP contribution >= 0.6 is 0 Å². The molecule has 0 bridgehead atoms. The Bertz CT molecular complexity index is 125. The molecule has 4 heteroatoms. The van der Waals surface area contributed by atoms with E-state index in [0.29, 0.717) is 6.29 Å². The third kappa shape index (κ3) is 3.19. The van der Waals surface area contributed by atoms with E-state index < -0.39 is 0 Å². The molecule has 2 N–H and O–H groups in total. The van der Waals surface area contributed by atoms with Gasteiger partial charge in [0.1, 0.15) is 6.29 Å². The minimum Gasteiger partial charge on any atom is -0.348 e. The predicted octanol–water partition coefficient (Wildman–Crippen LogP) is -1.09. The van der Waals surface area contributed by atoms with Crippen LogP contribution in [0.1, 0.15) is 6.92 Å². The van der Waals surface area contributed by atoms with Crippen LogP contribution in [0.25, 0.3) is 0 Å². The second kappa shape index (κ2) is 4.93. The van der Waals surface area contributed by atoms with Crippen molar-refractivity contribution in [3.8, 4) is 0 Å². The summed E-state index contributed by atoms with van der Waals surface area (Å²) >= 11 is 0. The summed E-state index contributed by atoms with van der Waals surface area (Å²) < 4.78 is 0. The van der Waals surface area contributed by atoms with Gasteiger partial charge in [-0.1, -0.05) is 0 Å². The van der Waals surface area contributed by atoms with Gasteiger partial charge in [-0.3, -0.25) is 4.79 Å². The molecule has 0 aliphatic rings. The van der Waals surface area contributed by atoms with Gasteiger partial charge in [0.25, 0.3) is 0 Å². The normalized spacial score (nSPS) is 12.2. The van der Waals surface area contributed by atoms with E-state index in [1.165, 1.54) is 0 Å². The minimum absolute atomic E-state index is 0.0881. The summed E-state index contributed by atoms with van der Waals surface area (Å²) in [6.07, 6.45) is 0.653. The maximum Gasteiger partial charge on any atom is 0.237 e. The Hall–Kier alpha value is -0.900. The van der Waals surface area contributed by atoms with Crippen LogP contribution in [-0.2, 0) is 9.59 Å². The molecule has 0 heterocycles. The van der Waals surface area contributed by atoms with Gasteiger partial charge in [-0.05, 0) is 14.0 Å². The largest absolute Gasteiger partial charge is 0.348 e. The number of carbonyl (C=O) groups is 2. The lowest BCUT2D eigenvalue weighted by Gasteiger charge is -2.07. The second-order valence-corrected chi connectivity index (χ2v) is 1.92. The summed E-state index contributed by atoms with van der Waals surface area (Å²) in [5.74, 6) is -0.158. The molecular weight excluding hydrogens is 132 g/mol. The van der Waals surface area contributed by atoms with E-state index >= 15 is 0 Å². The Kier molecular flexibility index (Phi) is 4.49. The molecule has 0 aromatic heterocycles. The lowest BCUT2D eigenvalue weighted by Crippen LogP contribution is -2.40. The zero-order valence-corrected chi connectivity index (χ0v) is 6.18. The average Bonchev–Trinajstić information content (AvgIpc) is 1.98. The van der Waals surface area contributed by atoms with E-state index in [2.05, 4.69) is 10.6 Å². The minimum atomic E-state index is -0.236. The summed E-state index contributed by atoms with van der Waals surface area (Å²) in [5, 5.41) is 5.16. The molecule has 0 unspecified atom stereocenters. The van der Waals surface area contributed by atoms with Crippen molar-refractivity contribution in [2.45, 2.75) is 13.0 Å². The maximum atomic E-state index is 10.8. The molecule has 0 rings (SSSR count). The van der Waals surface area contributed by atoms with Crippen LogP contribution in [-0.4, -0.2) is 31.8 Å². The monoisotopic (exact) mass is 144 g/mol. The van der Waals surface area contributed by atoms with Gasteiger partial charge in [-0.15, -0.1) is 0 Å². The molecule has 0 aromatic carbocycles. The Morgan fingerprint density at radius 3 is 2.70 bits per heavy atom. The van der Waals surface area contributed by atoms with E-state index in [9.17, 15) is 9.59 Å². The molecule has 4 nitrogen and oxygen atoms in total. The van der Waals surface area contributed by atoms with Crippen molar-refractivity contribution in [2.75, 3.05) is 13.6 Å². The number of carbonyl (C=O) groups excluding carboxylic acids is 2. The topological polar surface area (TPSA) is 58.2 Å². The molecule has 0 spiro atoms. The zero-order valence-electron chi connectivity index (χ0n) is 6.18. The van der Waals surface area contributed by atoms with Crippen molar-refractivity contribution in [2.24, 2.45) is 0 Å². The molecule has 1 amide bonds. The molecule has 0 saturated carbocycles. The lowest BCUT2D eigenvalue weighted by atomic mass is 10.3. The third-order valence-corrected chi connectivity index (χ3v) is 1.19. The quantitative estimate of drug-likeness (QED) is 0.493. The number of hydrogen-bond donors (Lipinski definition) is 2. The fraction of sp³-hybridized carbons (Fsp3) is 0.667. The van der Waals surface area contributed by atoms with Gasteiger partial charge in [0, 0.05) is 0 Å². The molecule has 0 aromatic rings. The molecule has 0 aliphatic heterocycles. The Morgan fingerprint density at radius 2 is 2.30 bits per heavy atom. The number of nitrogens with one attached hydrogen (secondary N) is 2. The fourth-order valence-corrected chi connectivity index (χ4v) is 0.426. The molecular formula is C6H12N2O2. The van der Waals surface area contributed by atoms with Gasteiger partial charge in [0.2, 0.25) is 5.91 Å². The van der Waals surface area contributed by atoms with Gasteiger partial charge in [0.05, 0.1) is 12.6 Å². The molecule has 0 radical (unpaired) electrons. The van der Waals surface area contributed by atoms with E-state index in [1.807, 2.05) is 0 Å². The Balaban J connectivity index is 3.51. The smallest absolute Gasteiger partial charge is 0.237 e. The van der Waals surface area contributed by atoms with E-state index in [-0.39, 0.29) is 18.5 Å². The first-order valence-corrected chi connectivity index (χ1v) is 3.11. The molecule has 0 fully saturated rings. The van der Waals surface area contributed by atoms with Crippen LogP contribution in [0.3, 0.4) is 0 Å². The van der Waals surface area contributed by atoms with Gasteiger partial charge >= 0.3 is 0 Å². The summed E-state index contributed by atoms with van der Waals surface area (Å²) in [4.78, 5) is 20.6. The van der Waals surface area contributed by atoms with Crippen LogP contribution in [0.2, 0.25) is 0 Å². The zero-order chi connectivity index (χ0) is 7.98. The van der Waals surface area contributed by atoms with Crippen molar-refractivity contribution < 1.29 is 9.59 Å². The first-order valence-electron chi connectivity index (χ1n) is 3.11. The second-order valence-electron chi connectivity index (χ2n) is 1.92. The Labute approximate surface area is 60.0 Å². The van der Waals surface area contributed by atoms with Crippen LogP contribution in [0.5, 0.6) is 0 Å². The highest BCUT2D eigenvalue weighted by Gasteiger charge is 2.07. The Morgan fingerprint density at radius 1 is 1.70 bits per heavy atom. The van der Waals surface area contributed by atoms with Gasteiger partial charge in [-0.2, -0.15) is 0 Å². The number of rotatable bonds is 4. The summed E-state index contributed by atoms with van der Waals surface area (Å²) in [7, 11) is 1.69. The van der Waals surface area contributed by atoms with Gasteiger partial charge < -0.3 is 15.4 Å². The highest BCUT2D eigenvalue weighted by atomic mass is 16.2. The first-order chi connectivity index (χ1) is 4.72. The van der Waals surface area contributed by atoms with Crippen molar-refractivity contribution in [3.63, 3.8) is 0 Å². The van der Waals surface area contributed by atoms with Crippen LogP contribution in [0, 0.1) is 0 Å². The maximum absolute atomic E-state index is 10.8. The standard InChI is InChI=1S/C6H12N2O2/c1-5(7-2)6(10)8-3-4-9/h4-5,7H,3H2,1-2H3,(H,8,10)/t5-/m0/s1. The summed E-state index contributed by atoms with van der Waals surface area (Å²) in [6.45, 7) is 1.81. The highest BCUT2D eigenvalue weighted by Crippen LogP contribution is 1.76. The highest BCUT2D eigenvalue weighted by molar-refractivity contribution is 5.82. The molecule has 10 heavy (non-hydrogen) atoms. The lowest BCUT2D eigenvalue weighted by molar-refractivity contribution is -0.123. The predicted molar refractivity (Wildman–Crippen MR) is 37.6 cm³/mol. The van der Waals surface area contributed by atoms with E-state index in [0.717, 1.165) is 0 Å². The van der Waals surface area contributed by atoms with Crippen LogP contribution in [0.4, 0.5) is 0 Å². The fourth-order valence-electron chi connectivity index (χ4n) is 0.426. The van der Waals surface area contributed by atoms with Crippen molar-refractivity contribution in [1.29, 1.82) is 0 Å². The van der Waals surface area contributed by atoms with E-state index in [1.54, 1.807) is 14.0 Å². The molecule has 1 atom stereocenters. The van der Waals surface area contributed by atoms with Gasteiger partial charge in [-0.25, -0.2) is 0 Å². The van der Waals surface area contributed by atoms with E-state index in [4.69, 9.17) is 0 Å². The van der Waals surface area contributed by atoms with Gasteiger partial charge in [0.15, 0.2) is 0 Å². The third-order valence-electron chi connectivity index (χ3n) is 1.19. The first kappa shape index (κ1) is 9.10. The van der Waals surface area contributed by atoms with Crippen LogP contribution < -0.4 is 10.6 Å². The van der Waals surface area contributed by atoms with Crippen molar-refractivity contribution in [1.82, 2.24) is 10.6 Å². The average molecular weight is 144 g/mol. The van der Waals surface area contributed by atoms with Crippen molar-refractivity contribution >= 4 is 12.2 Å². The number of aldehydes is 1.